The molecular formula is C22H21N3O6S. The fourth-order valence-electron chi connectivity index (χ4n) is 2.88. The lowest BCUT2D eigenvalue weighted by molar-refractivity contribution is -0.123. The number of carbonyl (C=O) groups is 4. The lowest BCUT2D eigenvalue weighted by Gasteiger charge is -2.22. The van der Waals surface area contributed by atoms with Crippen LogP contribution in [0.3, 0.4) is 0 Å². The summed E-state index contributed by atoms with van der Waals surface area (Å²) < 4.78 is 9.39. The van der Waals surface area contributed by atoms with E-state index in [4.69, 9.17) is 9.47 Å². The maximum Gasteiger partial charge on any atom is 0.337 e. The number of anilines is 1. The second-order valence-corrected chi connectivity index (χ2v) is 8.07. The molecule has 2 N–H and O–H groups in total. The van der Waals surface area contributed by atoms with Gasteiger partial charge in [0.25, 0.3) is 0 Å². The van der Waals surface area contributed by atoms with Crippen molar-refractivity contribution in [2.24, 2.45) is 4.99 Å². The van der Waals surface area contributed by atoms with Crippen LogP contribution in [0.1, 0.15) is 32.7 Å². The summed E-state index contributed by atoms with van der Waals surface area (Å²) >= 11 is 1.11. The summed E-state index contributed by atoms with van der Waals surface area (Å²) in [5.41, 5.74) is 2.06. The maximum absolute atomic E-state index is 12.9. The van der Waals surface area contributed by atoms with E-state index in [1.54, 1.807) is 0 Å². The Morgan fingerprint density at radius 1 is 1.03 bits per heavy atom. The first kappa shape index (κ1) is 23.0. The van der Waals surface area contributed by atoms with Crippen molar-refractivity contribution < 1.29 is 28.7 Å². The van der Waals surface area contributed by atoms with E-state index >= 15 is 0 Å². The lowest BCUT2D eigenvalue weighted by atomic mass is 10.1. The molecule has 1 atom stereocenters. The number of thioether (sulfide) groups is 1. The van der Waals surface area contributed by atoms with Crippen molar-refractivity contribution in [2.45, 2.75) is 18.6 Å². The first-order valence-electron chi connectivity index (χ1n) is 9.53. The second-order valence-electron chi connectivity index (χ2n) is 6.88. The molecule has 10 heteroatoms. The number of nitrogens with one attached hydrogen (secondary N) is 2. The molecule has 32 heavy (non-hydrogen) atoms. The number of amides is 2. The minimum absolute atomic E-state index is 0.0516. The highest BCUT2D eigenvalue weighted by Crippen LogP contribution is 2.26. The molecule has 1 saturated heterocycles. The monoisotopic (exact) mass is 455 g/mol. The molecule has 0 bridgehead atoms. The molecule has 2 amide bonds. The zero-order chi connectivity index (χ0) is 23.3. The minimum atomic E-state index is -0.753. The Morgan fingerprint density at radius 2 is 1.62 bits per heavy atom. The largest absolute Gasteiger partial charge is 0.465 e. The smallest absolute Gasteiger partial charge is 0.337 e. The van der Waals surface area contributed by atoms with Crippen LogP contribution in [0.25, 0.3) is 0 Å². The summed E-state index contributed by atoms with van der Waals surface area (Å²) in [7, 11) is 2.41. The Kier molecular flexibility index (Phi) is 7.26. The molecule has 0 aromatic heterocycles. The number of aryl methyl sites for hydroxylation is 1. The Balaban J connectivity index is 1.81. The van der Waals surface area contributed by atoms with Crippen LogP contribution >= 0.6 is 11.8 Å². The molecule has 0 aliphatic carbocycles. The van der Waals surface area contributed by atoms with E-state index in [1.807, 2.05) is 31.2 Å². The van der Waals surface area contributed by atoms with Gasteiger partial charge < -0.3 is 20.1 Å². The molecule has 1 fully saturated rings. The van der Waals surface area contributed by atoms with Gasteiger partial charge in [-0.2, -0.15) is 0 Å². The number of methoxy groups -OCH3 is 2. The first-order valence-corrected chi connectivity index (χ1v) is 10.4. The van der Waals surface area contributed by atoms with Crippen molar-refractivity contribution in [3.8, 4) is 0 Å². The zero-order valence-electron chi connectivity index (χ0n) is 17.6. The molecule has 1 aliphatic heterocycles. The fraction of sp³-hybridized carbons (Fsp3) is 0.227. The van der Waals surface area contributed by atoms with Crippen molar-refractivity contribution in [1.29, 1.82) is 0 Å². The summed E-state index contributed by atoms with van der Waals surface area (Å²) in [5, 5.41) is 4.87. The molecule has 166 valence electrons. The van der Waals surface area contributed by atoms with Crippen LogP contribution in [0.5, 0.6) is 0 Å². The molecule has 1 aliphatic rings. The van der Waals surface area contributed by atoms with Crippen molar-refractivity contribution in [2.75, 3.05) is 19.5 Å². The van der Waals surface area contributed by atoms with E-state index in [9.17, 15) is 19.2 Å². The maximum atomic E-state index is 12.9. The lowest BCUT2D eigenvalue weighted by Crippen LogP contribution is -2.41. The number of esters is 2. The Hall–Kier alpha value is -3.66. The highest BCUT2D eigenvalue weighted by Gasteiger charge is 2.30. The fourth-order valence-corrected chi connectivity index (χ4v) is 3.88. The SMILES string of the molecule is COC(=O)c1cc(NC(=O)C2CC(=O)NC(=Nc3ccc(C)cc3)S2)cc(C(=O)OC)c1. The normalized spacial score (nSPS) is 16.8. The zero-order valence-corrected chi connectivity index (χ0v) is 18.4. The average Bonchev–Trinajstić information content (AvgIpc) is 2.78. The number of hydrogen-bond donors (Lipinski definition) is 2. The van der Waals surface area contributed by atoms with E-state index in [-0.39, 0.29) is 29.1 Å². The number of aliphatic imine (C=N–C) groups is 1. The number of ether oxygens (including phenoxy) is 2. The quantitative estimate of drug-likeness (QED) is 0.665. The summed E-state index contributed by atoms with van der Waals surface area (Å²) in [5.74, 6) is -2.16. The summed E-state index contributed by atoms with van der Waals surface area (Å²) in [6.45, 7) is 1.95. The Morgan fingerprint density at radius 3 is 2.19 bits per heavy atom. The van der Waals surface area contributed by atoms with Gasteiger partial charge in [-0.1, -0.05) is 29.5 Å². The van der Waals surface area contributed by atoms with Gasteiger partial charge in [0, 0.05) is 12.1 Å². The van der Waals surface area contributed by atoms with Crippen molar-refractivity contribution in [3.63, 3.8) is 0 Å². The average molecular weight is 455 g/mol. The Bertz CT molecular complexity index is 1060. The predicted molar refractivity (Wildman–Crippen MR) is 120 cm³/mol. The molecular weight excluding hydrogens is 434 g/mol. The van der Waals surface area contributed by atoms with Gasteiger partial charge in [0.2, 0.25) is 11.8 Å². The molecule has 0 radical (unpaired) electrons. The number of carbonyl (C=O) groups excluding carboxylic acids is 4. The summed E-state index contributed by atoms with van der Waals surface area (Å²) in [6.07, 6.45) is -0.0516. The van der Waals surface area contributed by atoms with E-state index < -0.39 is 23.1 Å². The third kappa shape index (κ3) is 5.73. The number of benzene rings is 2. The van der Waals surface area contributed by atoms with E-state index in [0.717, 1.165) is 17.3 Å². The Labute approximate surface area is 188 Å². The van der Waals surface area contributed by atoms with Crippen LogP contribution in [-0.2, 0) is 19.1 Å². The second kappa shape index (κ2) is 10.1. The molecule has 1 unspecified atom stereocenters. The van der Waals surface area contributed by atoms with E-state index in [0.29, 0.717) is 10.9 Å². The van der Waals surface area contributed by atoms with Crippen LogP contribution in [0, 0.1) is 6.92 Å². The molecule has 0 saturated carbocycles. The van der Waals surface area contributed by atoms with E-state index in [1.165, 1.54) is 32.4 Å². The molecule has 2 aromatic carbocycles. The van der Waals surface area contributed by atoms with Gasteiger partial charge in [-0.25, -0.2) is 14.6 Å². The van der Waals surface area contributed by atoms with Gasteiger partial charge in [-0.15, -0.1) is 0 Å². The topological polar surface area (TPSA) is 123 Å². The number of rotatable bonds is 5. The van der Waals surface area contributed by atoms with Gasteiger partial charge in [0.15, 0.2) is 5.17 Å². The van der Waals surface area contributed by atoms with Crippen LogP contribution in [0.15, 0.2) is 47.5 Å². The third-order valence-corrected chi connectivity index (χ3v) is 5.55. The molecule has 3 rings (SSSR count). The number of nitrogens with zero attached hydrogens (tertiary/aromatic N) is 1. The van der Waals surface area contributed by atoms with Crippen molar-refractivity contribution in [3.05, 3.63) is 59.2 Å². The van der Waals surface area contributed by atoms with Crippen molar-refractivity contribution in [1.82, 2.24) is 5.32 Å². The van der Waals surface area contributed by atoms with Gasteiger partial charge in [-0.3, -0.25) is 9.59 Å². The van der Waals surface area contributed by atoms with E-state index in [2.05, 4.69) is 15.6 Å². The standard InChI is InChI=1S/C22H21N3O6S/c1-12-4-6-15(7-5-12)24-22-25-18(26)11-17(32-22)19(27)23-16-9-13(20(28)30-2)8-14(10-16)21(29)31-3/h4-10,17H,11H2,1-3H3,(H,23,27)(H,24,25,26). The van der Waals surface area contributed by atoms with Crippen LogP contribution < -0.4 is 10.6 Å². The van der Waals surface area contributed by atoms with Crippen molar-refractivity contribution >= 4 is 52.1 Å². The van der Waals surface area contributed by atoms with Gasteiger partial charge in [0.1, 0.15) is 5.25 Å². The number of hydrogen-bond acceptors (Lipinski definition) is 8. The number of amidine groups is 1. The predicted octanol–water partition coefficient (Wildman–Crippen LogP) is 2.82. The highest BCUT2D eigenvalue weighted by atomic mass is 32.2. The minimum Gasteiger partial charge on any atom is -0.465 e. The molecule has 0 spiro atoms. The first-order chi connectivity index (χ1) is 15.3. The summed E-state index contributed by atoms with van der Waals surface area (Å²) in [4.78, 5) is 53.3. The van der Waals surface area contributed by atoms with Gasteiger partial charge in [-0.05, 0) is 37.3 Å². The van der Waals surface area contributed by atoms with Gasteiger partial charge >= 0.3 is 11.9 Å². The van der Waals surface area contributed by atoms with Crippen LogP contribution in [0.4, 0.5) is 11.4 Å². The molecule has 2 aromatic rings. The molecule has 1 heterocycles. The molecule has 9 nitrogen and oxygen atoms in total. The summed E-state index contributed by atoms with van der Waals surface area (Å²) in [6, 6.07) is 11.5. The van der Waals surface area contributed by atoms with Crippen LogP contribution in [-0.4, -0.2) is 48.4 Å². The van der Waals surface area contributed by atoms with Crippen LogP contribution in [0.2, 0.25) is 0 Å². The van der Waals surface area contributed by atoms with Gasteiger partial charge in [0.05, 0.1) is 31.0 Å². The highest BCUT2D eigenvalue weighted by molar-refractivity contribution is 8.15. The third-order valence-electron chi connectivity index (χ3n) is 4.47.